The molecule has 0 aliphatic heterocycles. The predicted molar refractivity (Wildman–Crippen MR) is 144 cm³/mol. The minimum Gasteiger partial charge on any atom is -0.349 e. The normalized spacial score (nSPS) is 11.9. The Labute approximate surface area is 216 Å². The van der Waals surface area contributed by atoms with E-state index in [-0.39, 0.29) is 24.4 Å². The zero-order valence-electron chi connectivity index (χ0n) is 19.9. The Morgan fingerprint density at radius 1 is 0.972 bits per heavy atom. The summed E-state index contributed by atoms with van der Waals surface area (Å²) in [5.41, 5.74) is 3.61. The molecule has 0 bridgehead atoms. The monoisotopic (exact) mass is 515 g/mol. The van der Waals surface area contributed by atoms with Gasteiger partial charge >= 0.3 is 0 Å². The van der Waals surface area contributed by atoms with Gasteiger partial charge in [-0.15, -0.1) is 22.7 Å². The van der Waals surface area contributed by atoms with Gasteiger partial charge in [-0.05, 0) is 31.4 Å². The van der Waals surface area contributed by atoms with E-state index in [2.05, 4.69) is 20.6 Å². The third-order valence-electron chi connectivity index (χ3n) is 5.81. The second-order valence-corrected chi connectivity index (χ2v) is 10.5. The first kappa shape index (κ1) is 23.9. The first-order valence-corrected chi connectivity index (χ1v) is 13.3. The lowest BCUT2D eigenvalue weighted by Gasteiger charge is -2.19. The van der Waals surface area contributed by atoms with Crippen molar-refractivity contribution in [1.29, 1.82) is 0 Å². The van der Waals surface area contributed by atoms with Crippen LogP contribution in [-0.4, -0.2) is 38.8 Å². The van der Waals surface area contributed by atoms with E-state index in [9.17, 15) is 9.59 Å². The van der Waals surface area contributed by atoms with Crippen LogP contribution in [0.25, 0.3) is 15.4 Å². The number of amides is 2. The van der Waals surface area contributed by atoms with Crippen LogP contribution < -0.4 is 10.6 Å². The van der Waals surface area contributed by atoms with Crippen LogP contribution in [-0.2, 0) is 6.42 Å². The van der Waals surface area contributed by atoms with Crippen LogP contribution in [0.3, 0.4) is 0 Å². The maximum atomic E-state index is 13.4. The smallest absolute Gasteiger partial charge is 0.271 e. The van der Waals surface area contributed by atoms with Gasteiger partial charge in [-0.3, -0.25) is 14.0 Å². The fourth-order valence-electron chi connectivity index (χ4n) is 4.16. The van der Waals surface area contributed by atoms with Crippen molar-refractivity contribution >= 4 is 39.4 Å². The van der Waals surface area contributed by atoms with Gasteiger partial charge in [0.05, 0.1) is 21.6 Å². The van der Waals surface area contributed by atoms with Gasteiger partial charge in [0.2, 0.25) is 0 Å². The molecule has 0 aliphatic rings. The number of aromatic nitrogens is 3. The standard InChI is InChI=1S/C27H25N5O2S2/c1-17-23(32-13-14-35-27(32)29-17)26(34)28-16-21(15-19-9-5-3-6-10-19)31-25(33)22-24(36-18(2)30-22)20-11-7-4-8-12-20/h3-14,21H,15-16H2,1-2H3,(H,28,34)(H,31,33)/t21-/m0/s1. The minimum atomic E-state index is -0.333. The quantitative estimate of drug-likeness (QED) is 0.307. The van der Waals surface area contributed by atoms with E-state index >= 15 is 0 Å². The lowest BCUT2D eigenvalue weighted by molar-refractivity contribution is 0.0903. The Morgan fingerprint density at radius 3 is 2.44 bits per heavy atom. The van der Waals surface area contributed by atoms with Crippen molar-refractivity contribution in [3.63, 3.8) is 0 Å². The van der Waals surface area contributed by atoms with Gasteiger partial charge in [0.1, 0.15) is 11.4 Å². The molecule has 9 heteroatoms. The molecule has 2 amide bonds. The molecule has 0 saturated carbocycles. The molecule has 0 unspecified atom stereocenters. The summed E-state index contributed by atoms with van der Waals surface area (Å²) >= 11 is 2.98. The molecule has 0 radical (unpaired) electrons. The summed E-state index contributed by atoms with van der Waals surface area (Å²) in [5.74, 6) is -0.477. The molecule has 2 aromatic carbocycles. The maximum Gasteiger partial charge on any atom is 0.271 e. The zero-order chi connectivity index (χ0) is 25.1. The summed E-state index contributed by atoms with van der Waals surface area (Å²) in [6, 6.07) is 19.4. The summed E-state index contributed by atoms with van der Waals surface area (Å²) < 4.78 is 1.80. The Balaban J connectivity index is 1.36. The van der Waals surface area contributed by atoms with Crippen molar-refractivity contribution in [1.82, 2.24) is 25.0 Å². The largest absolute Gasteiger partial charge is 0.349 e. The molecular weight excluding hydrogens is 490 g/mol. The van der Waals surface area contributed by atoms with Crippen LogP contribution in [0.4, 0.5) is 0 Å². The molecule has 3 heterocycles. The average Bonchev–Trinajstić information content (AvgIpc) is 3.57. The molecule has 5 rings (SSSR count). The number of thiazole rings is 2. The van der Waals surface area contributed by atoms with Crippen LogP contribution in [0.15, 0.2) is 72.2 Å². The molecule has 0 saturated heterocycles. The van der Waals surface area contributed by atoms with Gasteiger partial charge in [0.25, 0.3) is 11.8 Å². The Bertz CT molecular complexity index is 1510. The van der Waals surface area contributed by atoms with E-state index in [1.807, 2.05) is 86.1 Å². The van der Waals surface area contributed by atoms with E-state index in [1.54, 1.807) is 4.40 Å². The highest BCUT2D eigenvalue weighted by Gasteiger charge is 2.23. The summed E-state index contributed by atoms with van der Waals surface area (Å²) in [6.45, 7) is 3.99. The predicted octanol–water partition coefficient (Wildman–Crippen LogP) is 4.91. The van der Waals surface area contributed by atoms with Crippen LogP contribution in [0.1, 0.15) is 37.2 Å². The van der Waals surface area contributed by atoms with Crippen molar-refractivity contribution in [3.8, 4) is 10.4 Å². The summed E-state index contributed by atoms with van der Waals surface area (Å²) in [5, 5.41) is 8.85. The Morgan fingerprint density at radius 2 is 1.69 bits per heavy atom. The lowest BCUT2D eigenvalue weighted by atomic mass is 10.1. The van der Waals surface area contributed by atoms with E-state index in [4.69, 9.17) is 0 Å². The second-order valence-electron chi connectivity index (χ2n) is 8.45. The number of benzene rings is 2. The van der Waals surface area contributed by atoms with E-state index in [1.165, 1.54) is 22.7 Å². The van der Waals surface area contributed by atoms with Crippen molar-refractivity contribution < 1.29 is 9.59 Å². The molecule has 0 aliphatic carbocycles. The molecule has 7 nitrogen and oxygen atoms in total. The fraction of sp³-hybridized carbons (Fsp3) is 0.185. The third-order valence-corrected chi connectivity index (χ3v) is 7.58. The highest BCUT2D eigenvalue weighted by Crippen LogP contribution is 2.30. The molecule has 182 valence electrons. The highest BCUT2D eigenvalue weighted by molar-refractivity contribution is 7.15. The number of rotatable bonds is 8. The third kappa shape index (κ3) is 5.07. The molecule has 0 spiro atoms. The van der Waals surface area contributed by atoms with Gasteiger partial charge in [-0.25, -0.2) is 9.97 Å². The topological polar surface area (TPSA) is 88.4 Å². The fourth-order valence-corrected chi connectivity index (χ4v) is 5.84. The van der Waals surface area contributed by atoms with Gasteiger partial charge in [-0.2, -0.15) is 0 Å². The van der Waals surface area contributed by atoms with Gasteiger partial charge < -0.3 is 10.6 Å². The van der Waals surface area contributed by atoms with Crippen molar-refractivity contribution in [2.45, 2.75) is 26.3 Å². The summed E-state index contributed by atoms with van der Waals surface area (Å²) in [7, 11) is 0. The van der Waals surface area contributed by atoms with Gasteiger partial charge in [0, 0.05) is 18.1 Å². The SMILES string of the molecule is Cc1nc(C(=O)N[C@H](CNC(=O)c2c(C)nc3sccn23)Cc2ccccc2)c(-c2ccccc2)s1. The number of hydrogen-bond acceptors (Lipinski definition) is 6. The Hall–Kier alpha value is -3.82. The number of carbonyl (C=O) groups is 2. The molecule has 5 aromatic rings. The van der Waals surface area contributed by atoms with E-state index in [0.717, 1.165) is 26.0 Å². The minimum absolute atomic E-state index is 0.222. The van der Waals surface area contributed by atoms with Crippen LogP contribution in [0.2, 0.25) is 0 Å². The Kier molecular flexibility index (Phi) is 6.92. The van der Waals surface area contributed by atoms with Gasteiger partial charge in [-0.1, -0.05) is 60.7 Å². The molecule has 2 N–H and O–H groups in total. The average molecular weight is 516 g/mol. The van der Waals surface area contributed by atoms with E-state index in [0.29, 0.717) is 23.5 Å². The number of fused-ring (bicyclic) bond motifs is 1. The maximum absolute atomic E-state index is 13.4. The van der Waals surface area contributed by atoms with E-state index < -0.39 is 0 Å². The van der Waals surface area contributed by atoms with Gasteiger partial charge in [0.15, 0.2) is 4.96 Å². The second kappa shape index (κ2) is 10.4. The first-order chi connectivity index (χ1) is 17.5. The molecule has 1 atom stereocenters. The van der Waals surface area contributed by atoms with Crippen molar-refractivity contribution in [3.05, 3.63) is 99.9 Å². The molecule has 3 aromatic heterocycles. The molecular formula is C27H25N5O2S2. The molecule has 0 fully saturated rings. The van der Waals surface area contributed by atoms with Crippen molar-refractivity contribution in [2.75, 3.05) is 6.54 Å². The molecule has 36 heavy (non-hydrogen) atoms. The number of aryl methyl sites for hydroxylation is 2. The number of nitrogens with zero attached hydrogens (tertiary/aromatic N) is 3. The number of hydrogen-bond donors (Lipinski definition) is 2. The number of imidazole rings is 1. The number of carbonyl (C=O) groups excluding carboxylic acids is 2. The lowest BCUT2D eigenvalue weighted by Crippen LogP contribution is -2.45. The highest BCUT2D eigenvalue weighted by atomic mass is 32.1. The van der Waals surface area contributed by atoms with Crippen LogP contribution in [0, 0.1) is 13.8 Å². The summed E-state index contributed by atoms with van der Waals surface area (Å²) in [6.07, 6.45) is 2.41. The van der Waals surface area contributed by atoms with Crippen molar-refractivity contribution in [2.24, 2.45) is 0 Å². The first-order valence-electron chi connectivity index (χ1n) is 11.6. The summed E-state index contributed by atoms with van der Waals surface area (Å²) in [4.78, 5) is 37.1. The number of nitrogens with one attached hydrogen (secondary N) is 2. The van der Waals surface area contributed by atoms with Crippen LogP contribution >= 0.6 is 22.7 Å². The zero-order valence-corrected chi connectivity index (χ0v) is 21.5. The van der Waals surface area contributed by atoms with Crippen LogP contribution in [0.5, 0.6) is 0 Å².